The van der Waals surface area contributed by atoms with Gasteiger partial charge in [-0.1, -0.05) is 0 Å². The summed E-state index contributed by atoms with van der Waals surface area (Å²) < 4.78 is 0. The van der Waals surface area contributed by atoms with Gasteiger partial charge in [-0.25, -0.2) is 0 Å². The average molecular weight is 147 g/mol. The van der Waals surface area contributed by atoms with Crippen molar-refractivity contribution >= 4 is 11.6 Å². The molecule has 0 amide bonds. The quantitative estimate of drug-likeness (QED) is 0.603. The van der Waals surface area contributed by atoms with Gasteiger partial charge in [0.15, 0.2) is 0 Å². The number of aromatic amines is 1. The lowest BCUT2D eigenvalue weighted by Crippen LogP contribution is -1.95. The van der Waals surface area contributed by atoms with E-state index in [9.17, 15) is 0 Å². The lowest BCUT2D eigenvalue weighted by Gasteiger charge is -1.99. The van der Waals surface area contributed by atoms with Crippen LogP contribution in [0.1, 0.15) is 11.7 Å². The monoisotopic (exact) mass is 146 g/mol. The Morgan fingerprint density at radius 1 is 1.89 bits per heavy atom. The molecule has 1 unspecified atom stereocenters. The highest BCUT2D eigenvalue weighted by atomic mass is 35.5. The molecule has 0 bridgehead atoms. The Morgan fingerprint density at radius 3 is 3.11 bits per heavy atom. The van der Waals surface area contributed by atoms with Gasteiger partial charge in [-0.15, -0.1) is 11.6 Å². The summed E-state index contributed by atoms with van der Waals surface area (Å²) >= 11 is 5.35. The van der Waals surface area contributed by atoms with E-state index in [1.165, 1.54) is 0 Å². The summed E-state index contributed by atoms with van der Waals surface area (Å²) in [4.78, 5) is 0. The fourth-order valence-electron chi connectivity index (χ4n) is 0.532. The molecule has 50 valence electrons. The summed E-state index contributed by atoms with van der Waals surface area (Å²) in [5.41, 5.74) is 0.727. The van der Waals surface area contributed by atoms with Crippen LogP contribution in [0.5, 0.6) is 0 Å². The third-order valence-electron chi connectivity index (χ3n) is 1.05. The maximum absolute atomic E-state index is 9.03. The Kier molecular flexibility index (Phi) is 2.08. The highest BCUT2D eigenvalue weighted by molar-refractivity contribution is 6.18. The van der Waals surface area contributed by atoms with Crippen LogP contribution < -0.4 is 0 Å². The van der Waals surface area contributed by atoms with Crippen molar-refractivity contribution in [2.75, 3.05) is 5.88 Å². The molecule has 4 heteroatoms. The minimum atomic E-state index is -0.592. The number of nitrogens with one attached hydrogen (secondary N) is 1. The number of alkyl halides is 1. The van der Waals surface area contributed by atoms with Crippen LogP contribution in [0, 0.1) is 0 Å². The fourth-order valence-corrected chi connectivity index (χ4v) is 0.710. The van der Waals surface area contributed by atoms with E-state index in [2.05, 4.69) is 10.2 Å². The second-order valence-electron chi connectivity index (χ2n) is 1.70. The van der Waals surface area contributed by atoms with Gasteiger partial charge in [0, 0.05) is 11.8 Å². The van der Waals surface area contributed by atoms with Crippen molar-refractivity contribution in [3.63, 3.8) is 0 Å². The zero-order valence-electron chi connectivity index (χ0n) is 4.71. The molecule has 0 fully saturated rings. The van der Waals surface area contributed by atoms with Crippen LogP contribution in [-0.2, 0) is 0 Å². The molecule has 9 heavy (non-hydrogen) atoms. The summed E-state index contributed by atoms with van der Waals surface area (Å²) in [5, 5.41) is 15.3. The van der Waals surface area contributed by atoms with E-state index in [1.807, 2.05) is 0 Å². The van der Waals surface area contributed by atoms with E-state index < -0.39 is 6.10 Å². The highest BCUT2D eigenvalue weighted by Crippen LogP contribution is 2.10. The predicted molar refractivity (Wildman–Crippen MR) is 34.3 cm³/mol. The molecule has 0 aliphatic rings. The smallest absolute Gasteiger partial charge is 0.0955 e. The standard InChI is InChI=1S/C5H7ClN2O/c6-1-5(9)4-2-7-8-3-4/h2-3,5,9H,1H2,(H,7,8). The first-order chi connectivity index (χ1) is 4.34. The van der Waals surface area contributed by atoms with Crippen LogP contribution in [0.2, 0.25) is 0 Å². The number of rotatable bonds is 2. The molecule has 1 atom stereocenters. The first-order valence-electron chi connectivity index (χ1n) is 2.57. The van der Waals surface area contributed by atoms with Crippen molar-refractivity contribution in [1.29, 1.82) is 0 Å². The normalized spacial score (nSPS) is 13.6. The lowest BCUT2D eigenvalue weighted by atomic mass is 10.2. The van der Waals surface area contributed by atoms with Crippen molar-refractivity contribution in [2.45, 2.75) is 6.10 Å². The van der Waals surface area contributed by atoms with Crippen molar-refractivity contribution in [1.82, 2.24) is 10.2 Å². The van der Waals surface area contributed by atoms with Gasteiger partial charge in [0.05, 0.1) is 18.2 Å². The Labute approximate surface area is 57.7 Å². The van der Waals surface area contributed by atoms with Gasteiger partial charge in [0.2, 0.25) is 0 Å². The summed E-state index contributed by atoms with van der Waals surface area (Å²) in [6, 6.07) is 0. The largest absolute Gasteiger partial charge is 0.387 e. The minimum Gasteiger partial charge on any atom is -0.387 e. The van der Waals surface area contributed by atoms with E-state index in [4.69, 9.17) is 16.7 Å². The molecule has 3 nitrogen and oxygen atoms in total. The van der Waals surface area contributed by atoms with Crippen LogP contribution in [0.15, 0.2) is 12.4 Å². The number of aliphatic hydroxyl groups is 1. The Morgan fingerprint density at radius 2 is 2.67 bits per heavy atom. The van der Waals surface area contributed by atoms with Crippen LogP contribution in [0.3, 0.4) is 0 Å². The molecule has 0 spiro atoms. The zero-order valence-corrected chi connectivity index (χ0v) is 5.47. The van der Waals surface area contributed by atoms with Gasteiger partial charge < -0.3 is 5.11 Å². The molecule has 0 radical (unpaired) electrons. The van der Waals surface area contributed by atoms with Crippen LogP contribution in [-0.4, -0.2) is 21.2 Å². The lowest BCUT2D eigenvalue weighted by molar-refractivity contribution is 0.203. The topological polar surface area (TPSA) is 48.9 Å². The molecule has 1 aromatic rings. The molecule has 0 saturated heterocycles. The average Bonchev–Trinajstić information content (AvgIpc) is 2.37. The number of H-pyrrole nitrogens is 1. The Bertz CT molecular complexity index is 163. The van der Waals surface area contributed by atoms with Crippen LogP contribution in [0.4, 0.5) is 0 Å². The summed E-state index contributed by atoms with van der Waals surface area (Å²) in [5.74, 6) is 0.208. The predicted octanol–water partition coefficient (Wildman–Crippen LogP) is 0.682. The minimum absolute atomic E-state index is 0.208. The van der Waals surface area contributed by atoms with Gasteiger partial charge in [0.25, 0.3) is 0 Å². The van der Waals surface area contributed by atoms with Crippen molar-refractivity contribution in [3.05, 3.63) is 18.0 Å². The zero-order chi connectivity index (χ0) is 6.69. The first kappa shape index (κ1) is 6.58. The third kappa shape index (κ3) is 1.43. The summed E-state index contributed by atoms with van der Waals surface area (Å²) in [7, 11) is 0. The van der Waals surface area contributed by atoms with Gasteiger partial charge >= 0.3 is 0 Å². The highest BCUT2D eigenvalue weighted by Gasteiger charge is 2.04. The molecule has 2 N–H and O–H groups in total. The van der Waals surface area contributed by atoms with E-state index in [0.29, 0.717) is 0 Å². The Balaban J connectivity index is 2.65. The molecule has 1 aromatic heterocycles. The summed E-state index contributed by atoms with van der Waals surface area (Å²) in [6.07, 6.45) is 2.57. The van der Waals surface area contributed by atoms with E-state index in [-0.39, 0.29) is 5.88 Å². The second kappa shape index (κ2) is 2.85. The number of hydrogen-bond acceptors (Lipinski definition) is 2. The number of hydrogen-bond donors (Lipinski definition) is 2. The third-order valence-corrected chi connectivity index (χ3v) is 1.34. The number of halogens is 1. The molecular weight excluding hydrogens is 140 g/mol. The molecular formula is C5H7ClN2O. The van der Waals surface area contributed by atoms with E-state index in [1.54, 1.807) is 12.4 Å². The van der Waals surface area contributed by atoms with E-state index in [0.717, 1.165) is 5.56 Å². The van der Waals surface area contributed by atoms with Crippen molar-refractivity contribution < 1.29 is 5.11 Å². The van der Waals surface area contributed by atoms with Crippen LogP contribution in [0.25, 0.3) is 0 Å². The number of aromatic nitrogens is 2. The molecule has 0 aromatic carbocycles. The molecule has 0 aliphatic carbocycles. The fraction of sp³-hybridized carbons (Fsp3) is 0.400. The maximum atomic E-state index is 9.03. The van der Waals surface area contributed by atoms with Gasteiger partial charge in [-0.2, -0.15) is 5.10 Å². The van der Waals surface area contributed by atoms with Gasteiger partial charge in [0.1, 0.15) is 0 Å². The van der Waals surface area contributed by atoms with Crippen molar-refractivity contribution in [2.24, 2.45) is 0 Å². The Hall–Kier alpha value is -0.540. The van der Waals surface area contributed by atoms with Crippen molar-refractivity contribution in [3.8, 4) is 0 Å². The molecule has 0 saturated carbocycles. The molecule has 1 heterocycles. The number of aliphatic hydroxyl groups excluding tert-OH is 1. The van der Waals surface area contributed by atoms with Crippen LogP contribution >= 0.6 is 11.6 Å². The summed E-state index contributed by atoms with van der Waals surface area (Å²) in [6.45, 7) is 0. The molecule has 1 rings (SSSR count). The first-order valence-corrected chi connectivity index (χ1v) is 3.10. The second-order valence-corrected chi connectivity index (χ2v) is 2.01. The van der Waals surface area contributed by atoms with Gasteiger partial charge in [-0.3, -0.25) is 5.10 Å². The van der Waals surface area contributed by atoms with E-state index >= 15 is 0 Å². The SMILES string of the molecule is OC(CCl)c1cn[nH]c1. The van der Waals surface area contributed by atoms with Gasteiger partial charge in [-0.05, 0) is 0 Å². The molecule has 0 aliphatic heterocycles. The number of nitrogens with zero attached hydrogens (tertiary/aromatic N) is 1. The maximum Gasteiger partial charge on any atom is 0.0955 e.